The lowest BCUT2D eigenvalue weighted by atomic mass is 9.98. The van der Waals surface area contributed by atoms with Crippen LogP contribution in [0.4, 0.5) is 0 Å². The summed E-state index contributed by atoms with van der Waals surface area (Å²) in [4.78, 5) is 25.9. The first-order chi connectivity index (χ1) is 11.5. The number of benzene rings is 1. The van der Waals surface area contributed by atoms with Crippen LogP contribution in [-0.2, 0) is 20.1 Å². The van der Waals surface area contributed by atoms with Gasteiger partial charge in [-0.3, -0.25) is 9.59 Å². The number of halogens is 2. The lowest BCUT2D eigenvalue weighted by Crippen LogP contribution is -2.43. The Labute approximate surface area is 156 Å². The molecule has 1 saturated heterocycles. The topological polar surface area (TPSA) is 46.6 Å². The fourth-order valence-corrected chi connectivity index (χ4v) is 3.83. The van der Waals surface area contributed by atoms with Crippen molar-refractivity contribution in [2.45, 2.75) is 25.5 Å². The minimum Gasteiger partial charge on any atom is -0.466 e. The molecule has 1 fully saturated rings. The SMILES string of the molecule is CCOC(=O)C1CCCN(C(=O)CSCc2ccc(Cl)c(Cl)c2)C1. The van der Waals surface area contributed by atoms with Gasteiger partial charge in [0.15, 0.2) is 0 Å². The van der Waals surface area contributed by atoms with E-state index in [1.807, 2.05) is 12.1 Å². The number of hydrogen-bond donors (Lipinski definition) is 0. The molecule has 1 aliphatic rings. The van der Waals surface area contributed by atoms with Gasteiger partial charge in [-0.2, -0.15) is 0 Å². The van der Waals surface area contributed by atoms with Crippen molar-refractivity contribution in [2.24, 2.45) is 5.92 Å². The molecule has 24 heavy (non-hydrogen) atoms. The minimum absolute atomic E-state index is 0.0639. The van der Waals surface area contributed by atoms with E-state index in [0.29, 0.717) is 41.2 Å². The Morgan fingerprint density at radius 2 is 2.12 bits per heavy atom. The second-order valence-electron chi connectivity index (χ2n) is 5.67. The molecule has 0 radical (unpaired) electrons. The number of likely N-dealkylation sites (tertiary alicyclic amines) is 1. The second-order valence-corrected chi connectivity index (χ2v) is 7.47. The summed E-state index contributed by atoms with van der Waals surface area (Å²) in [5.41, 5.74) is 1.03. The first-order valence-corrected chi connectivity index (χ1v) is 9.88. The van der Waals surface area contributed by atoms with Crippen molar-refractivity contribution in [3.05, 3.63) is 33.8 Å². The number of hydrogen-bond acceptors (Lipinski definition) is 4. The summed E-state index contributed by atoms with van der Waals surface area (Å²) >= 11 is 13.4. The van der Waals surface area contributed by atoms with E-state index in [4.69, 9.17) is 27.9 Å². The lowest BCUT2D eigenvalue weighted by Gasteiger charge is -2.31. The van der Waals surface area contributed by atoms with E-state index in [1.165, 1.54) is 11.8 Å². The van der Waals surface area contributed by atoms with Crippen LogP contribution in [0.3, 0.4) is 0 Å². The van der Waals surface area contributed by atoms with E-state index < -0.39 is 0 Å². The molecule has 1 heterocycles. The molecule has 0 bridgehead atoms. The summed E-state index contributed by atoms with van der Waals surface area (Å²) in [6.45, 7) is 3.35. The molecule has 4 nitrogen and oxygen atoms in total. The third-order valence-corrected chi connectivity index (χ3v) is 5.60. The number of carbonyl (C=O) groups is 2. The first-order valence-electron chi connectivity index (χ1n) is 7.97. The highest BCUT2D eigenvalue weighted by Crippen LogP contribution is 2.25. The van der Waals surface area contributed by atoms with Gasteiger partial charge in [-0.05, 0) is 37.5 Å². The molecule has 1 aromatic carbocycles. The van der Waals surface area contributed by atoms with Crippen LogP contribution in [0.1, 0.15) is 25.3 Å². The molecule has 0 aliphatic carbocycles. The van der Waals surface area contributed by atoms with Gasteiger partial charge in [0.2, 0.25) is 5.91 Å². The smallest absolute Gasteiger partial charge is 0.310 e. The Hall–Kier alpha value is -0.910. The number of esters is 1. The molecule has 0 N–H and O–H groups in total. The minimum atomic E-state index is -0.196. The summed E-state index contributed by atoms with van der Waals surface area (Å²) < 4.78 is 5.06. The molecule has 2 rings (SSSR count). The molecule has 1 unspecified atom stereocenters. The Bertz CT molecular complexity index is 597. The van der Waals surface area contributed by atoms with Gasteiger partial charge in [0.1, 0.15) is 0 Å². The van der Waals surface area contributed by atoms with E-state index in [-0.39, 0.29) is 17.8 Å². The quantitative estimate of drug-likeness (QED) is 0.689. The molecule has 1 amide bonds. The zero-order valence-corrected chi connectivity index (χ0v) is 15.9. The van der Waals surface area contributed by atoms with Crippen LogP contribution in [0, 0.1) is 5.92 Å². The largest absolute Gasteiger partial charge is 0.466 e. The number of ether oxygens (including phenoxy) is 1. The lowest BCUT2D eigenvalue weighted by molar-refractivity contribution is -0.151. The number of piperidine rings is 1. The third-order valence-electron chi connectivity index (χ3n) is 3.87. The summed E-state index contributed by atoms with van der Waals surface area (Å²) in [5.74, 6) is 0.753. The van der Waals surface area contributed by atoms with Crippen LogP contribution >= 0.6 is 35.0 Å². The number of thioether (sulfide) groups is 1. The number of rotatable bonds is 6. The predicted molar refractivity (Wildman–Crippen MR) is 98.6 cm³/mol. The molecule has 1 atom stereocenters. The number of amides is 1. The normalized spacial score (nSPS) is 17.6. The summed E-state index contributed by atoms with van der Waals surface area (Å²) in [5, 5.41) is 1.05. The van der Waals surface area contributed by atoms with Gasteiger partial charge >= 0.3 is 5.97 Å². The van der Waals surface area contributed by atoms with Crippen molar-refractivity contribution in [1.82, 2.24) is 4.90 Å². The van der Waals surface area contributed by atoms with Crippen LogP contribution in [0.25, 0.3) is 0 Å². The van der Waals surface area contributed by atoms with E-state index in [9.17, 15) is 9.59 Å². The van der Waals surface area contributed by atoms with Crippen molar-refractivity contribution in [1.29, 1.82) is 0 Å². The zero-order chi connectivity index (χ0) is 17.5. The molecule has 132 valence electrons. The number of carbonyl (C=O) groups excluding carboxylic acids is 2. The van der Waals surface area contributed by atoms with Crippen LogP contribution in [-0.4, -0.2) is 42.2 Å². The summed E-state index contributed by atoms with van der Waals surface area (Å²) in [6.07, 6.45) is 1.63. The van der Waals surface area contributed by atoms with Gasteiger partial charge in [0, 0.05) is 18.8 Å². The molecule has 1 aliphatic heterocycles. The van der Waals surface area contributed by atoms with Crippen LogP contribution in [0.15, 0.2) is 18.2 Å². The fourth-order valence-electron chi connectivity index (χ4n) is 2.63. The van der Waals surface area contributed by atoms with Crippen molar-refractivity contribution in [3.63, 3.8) is 0 Å². The molecule has 0 aromatic heterocycles. The zero-order valence-electron chi connectivity index (χ0n) is 13.6. The van der Waals surface area contributed by atoms with Crippen LogP contribution < -0.4 is 0 Å². The Balaban J connectivity index is 1.79. The van der Waals surface area contributed by atoms with E-state index >= 15 is 0 Å². The molecular weight excluding hydrogens is 369 g/mol. The number of nitrogens with zero attached hydrogens (tertiary/aromatic N) is 1. The average Bonchev–Trinajstić information content (AvgIpc) is 2.58. The van der Waals surface area contributed by atoms with Gasteiger partial charge in [-0.1, -0.05) is 29.3 Å². The monoisotopic (exact) mass is 389 g/mol. The van der Waals surface area contributed by atoms with Crippen LogP contribution in [0.2, 0.25) is 10.0 Å². The molecule has 0 saturated carbocycles. The highest BCUT2D eigenvalue weighted by molar-refractivity contribution is 7.99. The molecule has 7 heteroatoms. The Morgan fingerprint density at radius 3 is 2.83 bits per heavy atom. The Kier molecular flexibility index (Phi) is 7.72. The standard InChI is InChI=1S/C17H21Cl2NO3S/c1-2-23-17(22)13-4-3-7-20(9-13)16(21)11-24-10-12-5-6-14(18)15(19)8-12/h5-6,8,13H,2-4,7,9-11H2,1H3. The summed E-state index contributed by atoms with van der Waals surface area (Å²) in [6, 6.07) is 5.48. The molecular formula is C17H21Cl2NO3S. The predicted octanol–water partition coefficient (Wildman–Crippen LogP) is 4.03. The third kappa shape index (κ3) is 5.57. The van der Waals surface area contributed by atoms with E-state index in [2.05, 4.69) is 0 Å². The molecule has 0 spiro atoms. The summed E-state index contributed by atoms with van der Waals surface area (Å²) in [7, 11) is 0. The van der Waals surface area contributed by atoms with Gasteiger partial charge in [-0.15, -0.1) is 11.8 Å². The highest BCUT2D eigenvalue weighted by atomic mass is 35.5. The average molecular weight is 390 g/mol. The van der Waals surface area contributed by atoms with E-state index in [1.54, 1.807) is 17.9 Å². The van der Waals surface area contributed by atoms with Gasteiger partial charge in [0.05, 0.1) is 28.3 Å². The van der Waals surface area contributed by atoms with Gasteiger partial charge < -0.3 is 9.64 Å². The van der Waals surface area contributed by atoms with Crippen LogP contribution in [0.5, 0.6) is 0 Å². The van der Waals surface area contributed by atoms with Crippen molar-refractivity contribution >= 4 is 46.8 Å². The van der Waals surface area contributed by atoms with Crippen molar-refractivity contribution < 1.29 is 14.3 Å². The maximum Gasteiger partial charge on any atom is 0.310 e. The molecule has 1 aromatic rings. The first kappa shape index (κ1) is 19.4. The highest BCUT2D eigenvalue weighted by Gasteiger charge is 2.29. The second kappa shape index (κ2) is 9.54. The fraction of sp³-hybridized carbons (Fsp3) is 0.529. The van der Waals surface area contributed by atoms with Gasteiger partial charge in [-0.25, -0.2) is 0 Å². The van der Waals surface area contributed by atoms with Crippen molar-refractivity contribution in [2.75, 3.05) is 25.4 Å². The van der Waals surface area contributed by atoms with Crippen molar-refractivity contribution in [3.8, 4) is 0 Å². The maximum atomic E-state index is 12.3. The maximum absolute atomic E-state index is 12.3. The van der Waals surface area contributed by atoms with E-state index in [0.717, 1.165) is 18.4 Å². The van der Waals surface area contributed by atoms with Gasteiger partial charge in [0.25, 0.3) is 0 Å². The Morgan fingerprint density at radius 1 is 1.33 bits per heavy atom.